The molecular weight excluding hydrogens is 374 g/mol. The Morgan fingerprint density at radius 2 is 1.66 bits per heavy atom. The maximum absolute atomic E-state index is 10.5. The largest absolute Gasteiger partial charge is 0.493 e. The molecule has 1 aromatic rings. The van der Waals surface area contributed by atoms with Gasteiger partial charge in [0.25, 0.3) is 0 Å². The van der Waals surface area contributed by atoms with Crippen LogP contribution in [0.25, 0.3) is 0 Å². The average Bonchev–Trinajstić information content (AvgIpc) is 2.69. The summed E-state index contributed by atoms with van der Waals surface area (Å²) in [6, 6.07) is 5.84. The van der Waals surface area contributed by atoms with Crippen LogP contribution in [-0.4, -0.2) is 51.5 Å². The van der Waals surface area contributed by atoms with E-state index in [1.165, 1.54) is 13.3 Å². The topological polar surface area (TPSA) is 94.1 Å². The van der Waals surface area contributed by atoms with Crippen molar-refractivity contribution >= 4 is 11.9 Å². The van der Waals surface area contributed by atoms with Crippen molar-refractivity contribution in [3.63, 3.8) is 0 Å². The Kier molecular flexibility index (Phi) is 20.4. The normalized spacial score (nSPS) is 9.31. The number of rotatable bonds is 11. The third-order valence-electron chi connectivity index (χ3n) is 3.44. The molecule has 0 aliphatic heterocycles. The molecule has 1 aromatic carbocycles. The van der Waals surface area contributed by atoms with Crippen LogP contribution in [0.15, 0.2) is 18.2 Å². The van der Waals surface area contributed by atoms with E-state index in [9.17, 15) is 9.59 Å². The first-order valence-corrected chi connectivity index (χ1v) is 10.0. The molecule has 0 unspecified atom stereocenters. The molecule has 7 heteroatoms. The predicted molar refractivity (Wildman–Crippen MR) is 116 cm³/mol. The summed E-state index contributed by atoms with van der Waals surface area (Å²) >= 11 is 0. The van der Waals surface area contributed by atoms with Crippen LogP contribution >= 0.6 is 0 Å². The summed E-state index contributed by atoms with van der Waals surface area (Å²) in [5, 5.41) is 11.0. The fourth-order valence-electron chi connectivity index (χ4n) is 1.98. The zero-order valence-corrected chi connectivity index (χ0v) is 18.9. The van der Waals surface area contributed by atoms with E-state index in [0.717, 1.165) is 30.6 Å². The Balaban J connectivity index is 0. The van der Waals surface area contributed by atoms with Gasteiger partial charge >= 0.3 is 5.97 Å². The first-order valence-electron chi connectivity index (χ1n) is 10.0. The van der Waals surface area contributed by atoms with E-state index in [1.54, 1.807) is 21.3 Å². The van der Waals surface area contributed by atoms with Crippen molar-refractivity contribution < 1.29 is 28.9 Å². The molecule has 2 N–H and O–H groups in total. The highest BCUT2D eigenvalue weighted by Gasteiger charge is 2.06. The smallest absolute Gasteiger partial charge is 0.303 e. The quantitative estimate of drug-likeness (QED) is 0.531. The minimum atomic E-state index is -0.744. The number of hydrogen-bond donors (Lipinski definition) is 2. The van der Waals surface area contributed by atoms with Crippen molar-refractivity contribution in [3.05, 3.63) is 23.8 Å². The molecular formula is C22H39NO6. The number of carboxylic acid groups (broad SMARTS) is 1. The zero-order valence-electron chi connectivity index (χ0n) is 18.9. The van der Waals surface area contributed by atoms with Crippen molar-refractivity contribution in [1.29, 1.82) is 0 Å². The fourth-order valence-corrected chi connectivity index (χ4v) is 1.98. The minimum Gasteiger partial charge on any atom is -0.493 e. The van der Waals surface area contributed by atoms with Crippen molar-refractivity contribution in [2.24, 2.45) is 0 Å². The van der Waals surface area contributed by atoms with Gasteiger partial charge in [0.1, 0.15) is 0 Å². The van der Waals surface area contributed by atoms with Gasteiger partial charge in [-0.25, -0.2) is 0 Å². The molecule has 1 rings (SSSR count). The first kappa shape index (κ1) is 28.9. The van der Waals surface area contributed by atoms with E-state index < -0.39 is 5.97 Å². The Labute approximate surface area is 175 Å². The lowest BCUT2D eigenvalue weighted by Gasteiger charge is -2.12. The second kappa shape index (κ2) is 20.5. The second-order valence-electron chi connectivity index (χ2n) is 6.29. The summed E-state index contributed by atoms with van der Waals surface area (Å²) < 4.78 is 16.0. The maximum Gasteiger partial charge on any atom is 0.303 e. The van der Waals surface area contributed by atoms with Gasteiger partial charge in [-0.1, -0.05) is 26.3 Å². The standard InChI is InChI=1S/C16H24O5.C3H7NO.C3H8/c1-19-10-5-11-21-15-12-13(8-9-14(15)20-2)6-3-4-7-16(17)18;1-3(5)4-2;1-3-2/h8-9,12H,3-7,10-11H2,1-2H3,(H,17,18);1-2H3,(H,4,5);3H2,1-2H3. The number of amides is 1. The summed E-state index contributed by atoms with van der Waals surface area (Å²) in [6.45, 7) is 6.96. The van der Waals surface area contributed by atoms with Crippen LogP contribution in [-0.2, 0) is 20.7 Å². The maximum atomic E-state index is 10.5. The van der Waals surface area contributed by atoms with E-state index in [2.05, 4.69) is 19.2 Å². The molecule has 0 bridgehead atoms. The molecule has 29 heavy (non-hydrogen) atoms. The molecule has 0 aliphatic carbocycles. The van der Waals surface area contributed by atoms with Crippen LogP contribution in [0.3, 0.4) is 0 Å². The van der Waals surface area contributed by atoms with Gasteiger partial charge in [-0.05, 0) is 37.0 Å². The number of hydrogen-bond acceptors (Lipinski definition) is 5. The number of aryl methyl sites for hydroxylation is 1. The van der Waals surface area contributed by atoms with Gasteiger partial charge < -0.3 is 24.6 Å². The van der Waals surface area contributed by atoms with Crippen LogP contribution in [0.2, 0.25) is 0 Å². The molecule has 0 heterocycles. The summed E-state index contributed by atoms with van der Waals surface area (Å²) in [4.78, 5) is 20.2. The van der Waals surface area contributed by atoms with Crippen molar-refractivity contribution in [3.8, 4) is 11.5 Å². The van der Waals surface area contributed by atoms with Gasteiger partial charge in [0.15, 0.2) is 11.5 Å². The number of nitrogens with one attached hydrogen (secondary N) is 1. The summed E-state index contributed by atoms with van der Waals surface area (Å²) in [5.74, 6) is 0.697. The van der Waals surface area contributed by atoms with E-state index in [4.69, 9.17) is 19.3 Å². The number of carboxylic acids is 1. The Morgan fingerprint density at radius 1 is 1.03 bits per heavy atom. The highest BCUT2D eigenvalue weighted by atomic mass is 16.5. The number of aliphatic carboxylic acids is 1. The van der Waals surface area contributed by atoms with Gasteiger partial charge in [-0.15, -0.1) is 0 Å². The molecule has 0 fully saturated rings. The molecule has 168 valence electrons. The third kappa shape index (κ3) is 18.8. The fraction of sp³-hybridized carbons (Fsp3) is 0.636. The third-order valence-corrected chi connectivity index (χ3v) is 3.44. The molecule has 0 spiro atoms. The molecule has 0 aromatic heterocycles. The monoisotopic (exact) mass is 413 g/mol. The lowest BCUT2D eigenvalue weighted by atomic mass is 10.1. The van der Waals surface area contributed by atoms with Gasteiger partial charge in [-0.2, -0.15) is 0 Å². The summed E-state index contributed by atoms with van der Waals surface area (Å²) in [6.07, 6.45) is 4.66. The van der Waals surface area contributed by atoms with E-state index >= 15 is 0 Å². The van der Waals surface area contributed by atoms with Crippen molar-refractivity contribution in [2.45, 2.75) is 59.3 Å². The summed E-state index contributed by atoms with van der Waals surface area (Å²) in [5.41, 5.74) is 1.13. The SMILES string of the molecule is CCC.CNC(C)=O.COCCCOc1cc(CCCCC(=O)O)ccc1OC. The van der Waals surface area contributed by atoms with Crippen LogP contribution < -0.4 is 14.8 Å². The molecule has 7 nitrogen and oxygen atoms in total. The molecule has 0 saturated heterocycles. The predicted octanol–water partition coefficient (Wildman–Crippen LogP) is 4.08. The van der Waals surface area contributed by atoms with Gasteiger partial charge in [0.2, 0.25) is 5.91 Å². The number of unbranched alkanes of at least 4 members (excludes halogenated alkanes) is 1. The molecule has 0 radical (unpaired) electrons. The van der Waals surface area contributed by atoms with Gasteiger partial charge in [0, 0.05) is 40.5 Å². The second-order valence-corrected chi connectivity index (χ2v) is 6.29. The summed E-state index contributed by atoms with van der Waals surface area (Å²) in [7, 11) is 4.88. The number of benzene rings is 1. The Hall–Kier alpha value is -2.28. The lowest BCUT2D eigenvalue weighted by Crippen LogP contribution is -2.11. The first-order chi connectivity index (χ1) is 13.9. The average molecular weight is 414 g/mol. The Morgan fingerprint density at radius 3 is 2.14 bits per heavy atom. The molecule has 1 amide bonds. The highest BCUT2D eigenvalue weighted by Crippen LogP contribution is 2.28. The van der Waals surface area contributed by atoms with Crippen LogP contribution in [0.4, 0.5) is 0 Å². The van der Waals surface area contributed by atoms with Crippen molar-refractivity contribution in [2.75, 3.05) is 34.5 Å². The number of methoxy groups -OCH3 is 2. The highest BCUT2D eigenvalue weighted by molar-refractivity contribution is 5.72. The minimum absolute atomic E-state index is 0.00463. The van der Waals surface area contributed by atoms with Gasteiger partial charge in [0.05, 0.1) is 13.7 Å². The molecule has 0 atom stereocenters. The van der Waals surface area contributed by atoms with Crippen LogP contribution in [0.5, 0.6) is 11.5 Å². The number of ether oxygens (including phenoxy) is 3. The zero-order chi connectivity index (χ0) is 22.5. The number of carbonyl (C=O) groups excluding carboxylic acids is 1. The van der Waals surface area contributed by atoms with E-state index in [1.807, 2.05) is 18.2 Å². The van der Waals surface area contributed by atoms with Crippen molar-refractivity contribution in [1.82, 2.24) is 5.32 Å². The van der Waals surface area contributed by atoms with E-state index in [0.29, 0.717) is 25.4 Å². The van der Waals surface area contributed by atoms with Crippen LogP contribution in [0, 0.1) is 0 Å². The number of carbonyl (C=O) groups is 2. The van der Waals surface area contributed by atoms with Crippen LogP contribution in [0.1, 0.15) is 58.4 Å². The Bertz CT molecular complexity index is 548. The molecule has 0 saturated carbocycles. The lowest BCUT2D eigenvalue weighted by molar-refractivity contribution is -0.137. The van der Waals surface area contributed by atoms with E-state index in [-0.39, 0.29) is 12.3 Å². The molecule has 0 aliphatic rings. The van der Waals surface area contributed by atoms with Gasteiger partial charge in [-0.3, -0.25) is 9.59 Å².